The lowest BCUT2D eigenvalue weighted by molar-refractivity contribution is -0.143. The first kappa shape index (κ1) is 22.3. The second-order valence-corrected chi connectivity index (χ2v) is 6.82. The summed E-state index contributed by atoms with van der Waals surface area (Å²) in [5.74, 6) is 0. The third-order valence-corrected chi connectivity index (χ3v) is 4.53. The molecule has 1 heterocycles. The largest absolute Gasteiger partial charge is 0.416 e. The fourth-order valence-corrected chi connectivity index (χ4v) is 3.13. The number of alkyl halides is 6. The van der Waals surface area contributed by atoms with Crippen molar-refractivity contribution < 1.29 is 31.1 Å². The van der Waals surface area contributed by atoms with Crippen LogP contribution in [0, 0.1) is 0 Å². The van der Waals surface area contributed by atoms with Crippen LogP contribution in [-0.2, 0) is 12.4 Å². The maximum atomic E-state index is 12.9. The molecule has 2 rings (SSSR count). The molecular formula is C18H23F6N3O. The second kappa shape index (κ2) is 8.59. The van der Waals surface area contributed by atoms with Crippen LogP contribution < -0.4 is 5.32 Å². The van der Waals surface area contributed by atoms with E-state index in [4.69, 9.17) is 0 Å². The predicted octanol–water partition coefficient (Wildman–Crippen LogP) is 5.06. The zero-order valence-corrected chi connectivity index (χ0v) is 15.6. The summed E-state index contributed by atoms with van der Waals surface area (Å²) >= 11 is 0. The van der Waals surface area contributed by atoms with Crippen molar-refractivity contribution in [3.63, 3.8) is 0 Å². The van der Waals surface area contributed by atoms with E-state index in [0.29, 0.717) is 25.2 Å². The lowest BCUT2D eigenvalue weighted by atomic mass is 10.1. The average Bonchev–Trinajstić information content (AvgIpc) is 2.52. The zero-order chi connectivity index (χ0) is 21.1. The van der Waals surface area contributed by atoms with Crippen LogP contribution in [0.2, 0.25) is 0 Å². The molecule has 0 aromatic heterocycles. The lowest BCUT2D eigenvalue weighted by Gasteiger charge is -2.45. The number of carbonyl (C=O) groups excluding carboxylic acids is 1. The van der Waals surface area contributed by atoms with E-state index in [0.717, 1.165) is 25.9 Å². The number of anilines is 1. The Kier molecular flexibility index (Phi) is 6.84. The number of nitrogens with zero attached hydrogens (tertiary/aromatic N) is 2. The first-order valence-corrected chi connectivity index (χ1v) is 9.05. The number of likely N-dealkylation sites (tertiary alicyclic amines) is 1. The van der Waals surface area contributed by atoms with E-state index in [9.17, 15) is 31.1 Å². The molecule has 1 aliphatic rings. The molecule has 158 valence electrons. The summed E-state index contributed by atoms with van der Waals surface area (Å²) < 4.78 is 77.4. The van der Waals surface area contributed by atoms with Crippen LogP contribution in [0.3, 0.4) is 0 Å². The predicted molar refractivity (Wildman–Crippen MR) is 93.0 cm³/mol. The highest BCUT2D eigenvalue weighted by Crippen LogP contribution is 2.37. The lowest BCUT2D eigenvalue weighted by Crippen LogP contribution is -2.62. The fraction of sp³-hybridized carbons (Fsp3) is 0.611. The number of nitrogens with one attached hydrogen (secondary N) is 1. The van der Waals surface area contributed by atoms with Crippen LogP contribution in [0.25, 0.3) is 0 Å². The topological polar surface area (TPSA) is 35.6 Å². The van der Waals surface area contributed by atoms with E-state index in [2.05, 4.69) is 10.2 Å². The fourth-order valence-electron chi connectivity index (χ4n) is 3.13. The minimum atomic E-state index is -4.95. The van der Waals surface area contributed by atoms with E-state index in [1.807, 2.05) is 13.8 Å². The minimum absolute atomic E-state index is 0.0304. The Labute approximate surface area is 159 Å². The maximum absolute atomic E-state index is 12.9. The van der Waals surface area contributed by atoms with Crippen molar-refractivity contribution in [1.29, 1.82) is 0 Å². The summed E-state index contributed by atoms with van der Waals surface area (Å²) in [5, 5.41) is 2.16. The summed E-state index contributed by atoms with van der Waals surface area (Å²) in [5.41, 5.74) is -3.46. The minimum Gasteiger partial charge on any atom is -0.321 e. The first-order valence-electron chi connectivity index (χ1n) is 9.05. The summed E-state index contributed by atoms with van der Waals surface area (Å²) in [6.07, 6.45) is -8.01. The van der Waals surface area contributed by atoms with Gasteiger partial charge in [-0.3, -0.25) is 4.90 Å². The Balaban J connectivity index is 2.08. The molecule has 0 spiro atoms. The van der Waals surface area contributed by atoms with E-state index in [-0.39, 0.29) is 12.1 Å². The standard InChI is InChI=1S/C18H23F6N3O/c1-3-5-26(6-4-2)15-10-27(11-15)16(28)25-14-8-12(17(19,20)21)7-13(9-14)18(22,23)24/h7-9,15H,3-6,10-11H2,1-2H3,(H,25,28). The number of urea groups is 1. The first-order chi connectivity index (χ1) is 13.0. The van der Waals surface area contributed by atoms with E-state index < -0.39 is 35.2 Å². The average molecular weight is 411 g/mol. The van der Waals surface area contributed by atoms with Gasteiger partial charge >= 0.3 is 18.4 Å². The molecule has 0 atom stereocenters. The highest BCUT2D eigenvalue weighted by Gasteiger charge is 2.38. The van der Waals surface area contributed by atoms with Gasteiger partial charge in [-0.25, -0.2) is 4.79 Å². The van der Waals surface area contributed by atoms with Gasteiger partial charge in [0.2, 0.25) is 0 Å². The third kappa shape index (κ3) is 5.52. The molecular weight excluding hydrogens is 388 g/mol. The number of halogens is 6. The van der Waals surface area contributed by atoms with Gasteiger partial charge in [0.25, 0.3) is 0 Å². The van der Waals surface area contributed by atoms with Gasteiger partial charge < -0.3 is 10.2 Å². The Morgan fingerprint density at radius 2 is 1.46 bits per heavy atom. The molecule has 10 heteroatoms. The van der Waals surface area contributed by atoms with Crippen LogP contribution >= 0.6 is 0 Å². The molecule has 1 aromatic carbocycles. The highest BCUT2D eigenvalue weighted by atomic mass is 19.4. The Hall–Kier alpha value is -1.97. The number of rotatable bonds is 6. The van der Waals surface area contributed by atoms with Crippen molar-refractivity contribution >= 4 is 11.7 Å². The molecule has 1 N–H and O–H groups in total. The number of carbonyl (C=O) groups is 1. The molecule has 1 aliphatic heterocycles. The van der Waals surface area contributed by atoms with Crippen LogP contribution in [0.15, 0.2) is 18.2 Å². The Morgan fingerprint density at radius 1 is 1.00 bits per heavy atom. The highest BCUT2D eigenvalue weighted by molar-refractivity contribution is 5.90. The molecule has 0 saturated carbocycles. The Morgan fingerprint density at radius 3 is 1.86 bits per heavy atom. The van der Waals surface area contributed by atoms with Gasteiger partial charge in [0.15, 0.2) is 0 Å². The van der Waals surface area contributed by atoms with Crippen LogP contribution in [0.1, 0.15) is 37.8 Å². The van der Waals surface area contributed by atoms with Crippen LogP contribution in [0.5, 0.6) is 0 Å². The molecule has 1 saturated heterocycles. The molecule has 0 radical (unpaired) electrons. The number of hydrogen-bond acceptors (Lipinski definition) is 2. The molecule has 1 aromatic rings. The summed E-state index contributed by atoms with van der Waals surface area (Å²) in [4.78, 5) is 15.8. The van der Waals surface area contributed by atoms with Crippen molar-refractivity contribution in [3.8, 4) is 0 Å². The second-order valence-electron chi connectivity index (χ2n) is 6.82. The van der Waals surface area contributed by atoms with Crippen molar-refractivity contribution in [1.82, 2.24) is 9.80 Å². The van der Waals surface area contributed by atoms with Crippen LogP contribution in [0.4, 0.5) is 36.8 Å². The smallest absolute Gasteiger partial charge is 0.321 e. The van der Waals surface area contributed by atoms with Crippen molar-refractivity contribution in [2.45, 2.75) is 45.1 Å². The summed E-state index contributed by atoms with van der Waals surface area (Å²) in [6, 6.07) is 0.480. The SMILES string of the molecule is CCCN(CCC)C1CN(C(=O)Nc2cc(C(F)(F)F)cc(C(F)(F)F)c2)C1. The molecule has 28 heavy (non-hydrogen) atoms. The van der Waals surface area contributed by atoms with Crippen molar-refractivity contribution in [2.24, 2.45) is 0 Å². The molecule has 1 fully saturated rings. The molecule has 0 aliphatic carbocycles. The maximum Gasteiger partial charge on any atom is 0.416 e. The van der Waals surface area contributed by atoms with Gasteiger partial charge in [-0.05, 0) is 44.1 Å². The third-order valence-electron chi connectivity index (χ3n) is 4.53. The molecule has 4 nitrogen and oxygen atoms in total. The van der Waals surface area contributed by atoms with E-state index in [1.165, 1.54) is 4.90 Å². The number of hydrogen-bond donors (Lipinski definition) is 1. The van der Waals surface area contributed by atoms with Gasteiger partial charge in [0.05, 0.1) is 11.1 Å². The number of amides is 2. The van der Waals surface area contributed by atoms with Gasteiger partial charge in [0.1, 0.15) is 0 Å². The normalized spacial score (nSPS) is 15.7. The summed E-state index contributed by atoms with van der Waals surface area (Å²) in [7, 11) is 0. The molecule has 0 unspecified atom stereocenters. The van der Waals surface area contributed by atoms with E-state index >= 15 is 0 Å². The monoisotopic (exact) mass is 411 g/mol. The van der Waals surface area contributed by atoms with Gasteiger partial charge in [-0.15, -0.1) is 0 Å². The number of benzene rings is 1. The van der Waals surface area contributed by atoms with Crippen LogP contribution in [-0.4, -0.2) is 48.1 Å². The van der Waals surface area contributed by atoms with E-state index in [1.54, 1.807) is 0 Å². The Bertz CT molecular complexity index is 645. The van der Waals surface area contributed by atoms with Gasteiger partial charge in [-0.1, -0.05) is 13.8 Å². The molecule has 0 bridgehead atoms. The quantitative estimate of drug-likeness (QED) is 0.664. The van der Waals surface area contributed by atoms with Gasteiger partial charge in [-0.2, -0.15) is 26.3 Å². The van der Waals surface area contributed by atoms with Crippen molar-refractivity contribution in [3.05, 3.63) is 29.3 Å². The molecule has 2 amide bonds. The zero-order valence-electron chi connectivity index (χ0n) is 15.6. The van der Waals surface area contributed by atoms with Gasteiger partial charge in [0, 0.05) is 24.8 Å². The van der Waals surface area contributed by atoms with Crippen molar-refractivity contribution in [2.75, 3.05) is 31.5 Å². The summed E-state index contributed by atoms with van der Waals surface area (Å²) in [6.45, 7) is 6.59.